The van der Waals surface area contributed by atoms with Crippen molar-refractivity contribution >= 4 is 17.8 Å². The van der Waals surface area contributed by atoms with Crippen LogP contribution in [0.5, 0.6) is 0 Å². The van der Waals surface area contributed by atoms with E-state index in [2.05, 4.69) is 15.7 Å². The number of carbonyl (C=O) groups is 3. The number of esters is 1. The molecule has 0 radical (unpaired) electrons. The molecule has 132 valence electrons. The van der Waals surface area contributed by atoms with Crippen LogP contribution in [0, 0.1) is 13.8 Å². The zero-order valence-electron chi connectivity index (χ0n) is 14.3. The lowest BCUT2D eigenvalue weighted by Crippen LogP contribution is -2.37. The van der Waals surface area contributed by atoms with Crippen LogP contribution in [0.3, 0.4) is 0 Å². The maximum atomic E-state index is 12.3. The summed E-state index contributed by atoms with van der Waals surface area (Å²) in [5.74, 6) is -1.52. The van der Waals surface area contributed by atoms with E-state index in [1.54, 1.807) is 18.5 Å². The molecule has 0 saturated heterocycles. The zero-order valence-corrected chi connectivity index (χ0v) is 14.3. The van der Waals surface area contributed by atoms with Gasteiger partial charge in [0.05, 0.1) is 23.6 Å². The van der Waals surface area contributed by atoms with Gasteiger partial charge in [-0.15, -0.1) is 0 Å². The number of rotatable bonds is 6. The Morgan fingerprint density at radius 2 is 1.80 bits per heavy atom. The molecule has 0 unspecified atom stereocenters. The van der Waals surface area contributed by atoms with Crippen molar-refractivity contribution in [3.05, 3.63) is 47.3 Å². The van der Waals surface area contributed by atoms with Gasteiger partial charge in [-0.1, -0.05) is 18.2 Å². The van der Waals surface area contributed by atoms with E-state index < -0.39 is 18.5 Å². The van der Waals surface area contributed by atoms with Gasteiger partial charge in [0.25, 0.3) is 5.91 Å². The quantitative estimate of drug-likeness (QED) is 0.743. The van der Waals surface area contributed by atoms with E-state index in [0.717, 1.165) is 5.69 Å². The number of hydrogen-bond acceptors (Lipinski definition) is 5. The molecule has 8 heteroatoms. The number of likely N-dealkylation sites (N-methyl/N-ethyl adjacent to an activating group) is 1. The number of aryl methyl sites for hydroxylation is 1. The highest BCUT2D eigenvalue weighted by molar-refractivity contribution is 5.94. The topological polar surface area (TPSA) is 102 Å². The minimum absolute atomic E-state index is 0.170. The van der Waals surface area contributed by atoms with Crippen LogP contribution >= 0.6 is 0 Å². The molecule has 0 fully saturated rings. The third-order valence-corrected chi connectivity index (χ3v) is 3.56. The number of nitrogens with one attached hydrogen (secondary N) is 2. The van der Waals surface area contributed by atoms with Crippen LogP contribution < -0.4 is 10.6 Å². The van der Waals surface area contributed by atoms with Crippen LogP contribution in [0.4, 0.5) is 0 Å². The Labute approximate surface area is 145 Å². The average Bonchev–Trinajstić information content (AvgIpc) is 2.92. The van der Waals surface area contributed by atoms with Gasteiger partial charge in [-0.2, -0.15) is 5.10 Å². The van der Waals surface area contributed by atoms with E-state index in [1.165, 1.54) is 7.05 Å². The number of carbonyl (C=O) groups excluding carboxylic acids is 3. The predicted molar refractivity (Wildman–Crippen MR) is 90.4 cm³/mol. The highest BCUT2D eigenvalue weighted by Gasteiger charge is 2.21. The molecule has 1 heterocycles. The lowest BCUT2D eigenvalue weighted by molar-refractivity contribution is -0.127. The first kappa shape index (κ1) is 18.2. The summed E-state index contributed by atoms with van der Waals surface area (Å²) in [6.07, 6.45) is 0. The first-order chi connectivity index (χ1) is 11.9. The van der Waals surface area contributed by atoms with Gasteiger partial charge >= 0.3 is 5.97 Å². The smallest absolute Gasteiger partial charge is 0.342 e. The average molecular weight is 344 g/mol. The number of aromatic nitrogens is 2. The number of ether oxygens (including phenoxy) is 1. The van der Waals surface area contributed by atoms with Crippen molar-refractivity contribution in [2.24, 2.45) is 0 Å². The zero-order chi connectivity index (χ0) is 18.4. The molecule has 1 aromatic carbocycles. The summed E-state index contributed by atoms with van der Waals surface area (Å²) < 4.78 is 6.68. The summed E-state index contributed by atoms with van der Waals surface area (Å²) in [7, 11) is 1.46. The second-order valence-corrected chi connectivity index (χ2v) is 5.32. The third kappa shape index (κ3) is 4.43. The van der Waals surface area contributed by atoms with Crippen LogP contribution in [0.15, 0.2) is 30.3 Å². The molecule has 0 bridgehead atoms. The molecule has 2 amide bonds. The van der Waals surface area contributed by atoms with E-state index in [4.69, 9.17) is 4.74 Å². The summed E-state index contributed by atoms with van der Waals surface area (Å²) in [5.41, 5.74) is 2.28. The van der Waals surface area contributed by atoms with Crippen LogP contribution in [0.1, 0.15) is 21.7 Å². The monoisotopic (exact) mass is 344 g/mol. The Bertz CT molecular complexity index is 783. The van der Waals surface area contributed by atoms with Crippen molar-refractivity contribution in [3.63, 3.8) is 0 Å². The van der Waals surface area contributed by atoms with Crippen LogP contribution in [0.2, 0.25) is 0 Å². The molecule has 2 aromatic rings. The Kier molecular flexibility index (Phi) is 5.89. The fourth-order valence-corrected chi connectivity index (χ4v) is 2.28. The molecule has 0 aliphatic rings. The van der Waals surface area contributed by atoms with E-state index in [9.17, 15) is 14.4 Å². The van der Waals surface area contributed by atoms with Gasteiger partial charge in [0, 0.05) is 7.05 Å². The minimum atomic E-state index is -0.632. The van der Waals surface area contributed by atoms with Gasteiger partial charge in [-0.05, 0) is 26.0 Å². The number of benzene rings is 1. The second kappa shape index (κ2) is 8.09. The molecule has 0 saturated carbocycles. The molecule has 8 nitrogen and oxygen atoms in total. The molecule has 2 rings (SSSR count). The second-order valence-electron chi connectivity index (χ2n) is 5.32. The minimum Gasteiger partial charge on any atom is -0.452 e. The van der Waals surface area contributed by atoms with Gasteiger partial charge in [0.1, 0.15) is 5.56 Å². The first-order valence-electron chi connectivity index (χ1n) is 7.70. The first-order valence-corrected chi connectivity index (χ1v) is 7.70. The lowest BCUT2D eigenvalue weighted by Gasteiger charge is -2.07. The van der Waals surface area contributed by atoms with Crippen molar-refractivity contribution in [1.82, 2.24) is 20.4 Å². The van der Waals surface area contributed by atoms with Crippen molar-refractivity contribution in [2.45, 2.75) is 13.8 Å². The number of hydrogen-bond donors (Lipinski definition) is 2. The summed E-state index contributed by atoms with van der Waals surface area (Å²) in [6.45, 7) is 2.83. The largest absolute Gasteiger partial charge is 0.452 e. The Hall–Kier alpha value is -3.16. The highest BCUT2D eigenvalue weighted by atomic mass is 16.5. The summed E-state index contributed by atoms with van der Waals surface area (Å²) in [6, 6.07) is 9.39. The maximum Gasteiger partial charge on any atom is 0.342 e. The standard InChI is InChI=1S/C17H20N4O4/c1-11-16(12(2)21(20-11)13-7-5-4-6-8-13)17(24)25-10-15(23)19-9-14(22)18-3/h4-8H,9-10H2,1-3H3,(H,18,22)(H,19,23). The molecular formula is C17H20N4O4. The molecule has 25 heavy (non-hydrogen) atoms. The molecular weight excluding hydrogens is 324 g/mol. The van der Waals surface area contributed by atoms with E-state index in [0.29, 0.717) is 17.0 Å². The Balaban J connectivity index is 2.04. The third-order valence-electron chi connectivity index (χ3n) is 3.56. The van der Waals surface area contributed by atoms with Crippen molar-refractivity contribution in [3.8, 4) is 5.69 Å². The molecule has 0 aliphatic heterocycles. The molecule has 1 aromatic heterocycles. The van der Waals surface area contributed by atoms with Gasteiger partial charge in [-0.25, -0.2) is 9.48 Å². The normalized spacial score (nSPS) is 10.2. The molecule has 2 N–H and O–H groups in total. The van der Waals surface area contributed by atoms with Gasteiger partial charge in [0.2, 0.25) is 5.91 Å². The van der Waals surface area contributed by atoms with Gasteiger partial charge < -0.3 is 15.4 Å². The highest BCUT2D eigenvalue weighted by Crippen LogP contribution is 2.18. The lowest BCUT2D eigenvalue weighted by atomic mass is 10.2. The maximum absolute atomic E-state index is 12.3. The molecule has 0 atom stereocenters. The molecule has 0 aliphatic carbocycles. The van der Waals surface area contributed by atoms with Crippen molar-refractivity contribution in [2.75, 3.05) is 20.2 Å². The number of para-hydroxylation sites is 1. The SMILES string of the molecule is CNC(=O)CNC(=O)COC(=O)c1c(C)nn(-c2ccccc2)c1C. The fraction of sp³-hybridized carbons (Fsp3) is 0.294. The van der Waals surface area contributed by atoms with Crippen molar-refractivity contribution in [1.29, 1.82) is 0 Å². The van der Waals surface area contributed by atoms with E-state index >= 15 is 0 Å². The predicted octanol–water partition coefficient (Wildman–Crippen LogP) is 0.508. The van der Waals surface area contributed by atoms with E-state index in [1.807, 2.05) is 30.3 Å². The van der Waals surface area contributed by atoms with Crippen LogP contribution in [0.25, 0.3) is 5.69 Å². The Morgan fingerprint density at radius 1 is 1.12 bits per heavy atom. The summed E-state index contributed by atoms with van der Waals surface area (Å²) >= 11 is 0. The number of nitrogens with zero attached hydrogens (tertiary/aromatic N) is 2. The van der Waals surface area contributed by atoms with Crippen molar-refractivity contribution < 1.29 is 19.1 Å². The van der Waals surface area contributed by atoms with Crippen LogP contribution in [-0.2, 0) is 14.3 Å². The summed E-state index contributed by atoms with van der Waals surface area (Å²) in [4.78, 5) is 35.0. The van der Waals surface area contributed by atoms with Gasteiger partial charge in [-0.3, -0.25) is 9.59 Å². The van der Waals surface area contributed by atoms with Crippen LogP contribution in [-0.4, -0.2) is 47.8 Å². The van der Waals surface area contributed by atoms with Gasteiger partial charge in [0.15, 0.2) is 6.61 Å². The summed E-state index contributed by atoms with van der Waals surface area (Å²) in [5, 5.41) is 9.08. The fourth-order valence-electron chi connectivity index (χ4n) is 2.28. The Morgan fingerprint density at radius 3 is 2.44 bits per heavy atom. The van der Waals surface area contributed by atoms with E-state index in [-0.39, 0.29) is 12.5 Å². The number of amides is 2. The molecule has 0 spiro atoms.